The van der Waals surface area contributed by atoms with Crippen molar-refractivity contribution in [2.45, 2.75) is 52.2 Å². The lowest BCUT2D eigenvalue weighted by Gasteiger charge is -2.33. The summed E-state index contributed by atoms with van der Waals surface area (Å²) in [5, 5.41) is 11.6. The van der Waals surface area contributed by atoms with Gasteiger partial charge in [-0.05, 0) is 25.7 Å². The highest BCUT2D eigenvalue weighted by Gasteiger charge is 2.25. The highest BCUT2D eigenvalue weighted by Crippen LogP contribution is 2.14. The van der Waals surface area contributed by atoms with Gasteiger partial charge in [0.2, 0.25) is 0 Å². The Morgan fingerprint density at radius 1 is 1.35 bits per heavy atom. The number of rotatable bonds is 6. The van der Waals surface area contributed by atoms with Gasteiger partial charge in [-0.1, -0.05) is 20.3 Å². The van der Waals surface area contributed by atoms with Gasteiger partial charge < -0.3 is 20.1 Å². The summed E-state index contributed by atoms with van der Waals surface area (Å²) in [4.78, 5) is 24.3. The van der Waals surface area contributed by atoms with Crippen molar-refractivity contribution < 1.29 is 19.4 Å². The summed E-state index contributed by atoms with van der Waals surface area (Å²) in [6.07, 6.45) is 2.37. The quantitative estimate of drug-likeness (QED) is 0.779. The number of carboxylic acid groups (broad SMARTS) is 1. The second-order valence-corrected chi connectivity index (χ2v) is 5.51. The molecule has 0 saturated carbocycles. The fourth-order valence-electron chi connectivity index (χ4n) is 2.20. The van der Waals surface area contributed by atoms with Crippen LogP contribution in [0.4, 0.5) is 4.79 Å². The number of amides is 2. The number of carbonyl (C=O) groups is 2. The molecule has 1 heterocycles. The number of nitrogens with zero attached hydrogens (tertiary/aromatic N) is 1. The fourth-order valence-corrected chi connectivity index (χ4v) is 2.20. The molecule has 1 fully saturated rings. The first-order valence-electron chi connectivity index (χ1n) is 7.32. The van der Waals surface area contributed by atoms with Gasteiger partial charge in [0, 0.05) is 19.1 Å². The van der Waals surface area contributed by atoms with Crippen LogP contribution < -0.4 is 5.32 Å². The number of urea groups is 1. The lowest BCUT2D eigenvalue weighted by atomic mass is 10.0. The number of ether oxygens (including phenoxy) is 1. The van der Waals surface area contributed by atoms with Crippen LogP contribution in [0.5, 0.6) is 0 Å². The molecular formula is C14H26N2O4. The van der Waals surface area contributed by atoms with E-state index in [-0.39, 0.29) is 24.8 Å². The summed E-state index contributed by atoms with van der Waals surface area (Å²) in [5.74, 6) is -0.497. The predicted octanol–water partition coefficient (Wildman–Crippen LogP) is 1.70. The van der Waals surface area contributed by atoms with Gasteiger partial charge in [0.15, 0.2) is 0 Å². The topological polar surface area (TPSA) is 78.9 Å². The van der Waals surface area contributed by atoms with E-state index in [2.05, 4.69) is 19.2 Å². The molecular weight excluding hydrogens is 260 g/mol. The summed E-state index contributed by atoms with van der Waals surface area (Å²) in [6.45, 7) is 7.22. The third-order valence-electron chi connectivity index (χ3n) is 4.02. The smallest absolute Gasteiger partial charge is 0.329 e. The third kappa shape index (κ3) is 5.36. The van der Waals surface area contributed by atoms with Crippen LogP contribution in [0.3, 0.4) is 0 Å². The molecule has 1 saturated heterocycles. The zero-order valence-corrected chi connectivity index (χ0v) is 12.6. The molecule has 0 bridgehead atoms. The van der Waals surface area contributed by atoms with Gasteiger partial charge in [-0.3, -0.25) is 0 Å². The monoisotopic (exact) mass is 286 g/mol. The number of nitrogens with one attached hydrogen (secondary N) is 1. The van der Waals surface area contributed by atoms with E-state index in [1.165, 1.54) is 0 Å². The Balaban J connectivity index is 2.30. The molecule has 0 aliphatic carbocycles. The number of carboxylic acids is 1. The minimum atomic E-state index is -0.951. The maximum absolute atomic E-state index is 12.1. The van der Waals surface area contributed by atoms with Crippen LogP contribution in [0.2, 0.25) is 0 Å². The lowest BCUT2D eigenvalue weighted by molar-refractivity contribution is -0.145. The van der Waals surface area contributed by atoms with E-state index < -0.39 is 5.97 Å². The van der Waals surface area contributed by atoms with Gasteiger partial charge >= 0.3 is 12.0 Å². The summed E-state index contributed by atoms with van der Waals surface area (Å²) < 4.78 is 5.25. The largest absolute Gasteiger partial charge is 0.480 e. The molecule has 1 aliphatic rings. The Labute approximate surface area is 120 Å². The highest BCUT2D eigenvalue weighted by atomic mass is 16.5. The van der Waals surface area contributed by atoms with Gasteiger partial charge in [0.25, 0.3) is 0 Å². The molecule has 0 aromatic heterocycles. The third-order valence-corrected chi connectivity index (χ3v) is 4.02. The second kappa shape index (κ2) is 8.09. The van der Waals surface area contributed by atoms with Gasteiger partial charge in [0.1, 0.15) is 6.61 Å². The Bertz CT molecular complexity index is 327. The number of likely N-dealkylation sites (tertiary alicyclic amines) is 1. The first kappa shape index (κ1) is 16.8. The summed E-state index contributed by atoms with van der Waals surface area (Å²) in [7, 11) is 0. The van der Waals surface area contributed by atoms with E-state index in [0.29, 0.717) is 31.8 Å². The first-order chi connectivity index (χ1) is 9.43. The van der Waals surface area contributed by atoms with Crippen molar-refractivity contribution in [2.24, 2.45) is 5.92 Å². The maximum Gasteiger partial charge on any atom is 0.329 e. The summed E-state index contributed by atoms with van der Waals surface area (Å²) >= 11 is 0. The number of hydrogen-bond donors (Lipinski definition) is 2. The average Bonchev–Trinajstić information content (AvgIpc) is 2.44. The van der Waals surface area contributed by atoms with E-state index in [0.717, 1.165) is 6.42 Å². The first-order valence-corrected chi connectivity index (χ1v) is 7.32. The van der Waals surface area contributed by atoms with Crippen LogP contribution in [0.1, 0.15) is 40.0 Å². The molecule has 0 radical (unpaired) electrons. The zero-order valence-electron chi connectivity index (χ0n) is 12.6. The molecule has 0 aromatic carbocycles. The van der Waals surface area contributed by atoms with Crippen LogP contribution >= 0.6 is 0 Å². The molecule has 6 nitrogen and oxygen atoms in total. The van der Waals surface area contributed by atoms with Gasteiger partial charge in [0.05, 0.1) is 6.10 Å². The van der Waals surface area contributed by atoms with Crippen LogP contribution in [0, 0.1) is 5.92 Å². The fraction of sp³-hybridized carbons (Fsp3) is 0.857. The molecule has 2 unspecified atom stereocenters. The molecule has 0 aromatic rings. The highest BCUT2D eigenvalue weighted by molar-refractivity contribution is 5.74. The predicted molar refractivity (Wildman–Crippen MR) is 75.6 cm³/mol. The Hall–Kier alpha value is -1.30. The van der Waals surface area contributed by atoms with E-state index in [4.69, 9.17) is 9.84 Å². The SMILES string of the molecule is CCC(C)C(C)NC(=O)N1CCC(OCC(=O)O)CC1. The van der Waals surface area contributed by atoms with E-state index in [1.807, 2.05) is 6.92 Å². The van der Waals surface area contributed by atoms with E-state index in [1.54, 1.807) is 4.90 Å². The number of piperidine rings is 1. The van der Waals surface area contributed by atoms with Crippen LogP contribution in [0.25, 0.3) is 0 Å². The van der Waals surface area contributed by atoms with E-state index in [9.17, 15) is 9.59 Å². The van der Waals surface area contributed by atoms with Crippen molar-refractivity contribution in [1.82, 2.24) is 10.2 Å². The van der Waals surface area contributed by atoms with Crippen LogP contribution in [0.15, 0.2) is 0 Å². The molecule has 2 amide bonds. The Kier molecular flexibility index (Phi) is 6.78. The Morgan fingerprint density at radius 2 is 1.95 bits per heavy atom. The molecule has 116 valence electrons. The zero-order chi connectivity index (χ0) is 15.1. The number of hydrogen-bond acceptors (Lipinski definition) is 3. The number of aliphatic carboxylic acids is 1. The maximum atomic E-state index is 12.1. The molecule has 0 spiro atoms. The average molecular weight is 286 g/mol. The van der Waals surface area contributed by atoms with Crippen molar-refractivity contribution in [2.75, 3.05) is 19.7 Å². The van der Waals surface area contributed by atoms with Gasteiger partial charge in [-0.15, -0.1) is 0 Å². The number of carbonyl (C=O) groups excluding carboxylic acids is 1. The van der Waals surface area contributed by atoms with Crippen molar-refractivity contribution in [1.29, 1.82) is 0 Å². The van der Waals surface area contributed by atoms with Gasteiger partial charge in [-0.2, -0.15) is 0 Å². The minimum Gasteiger partial charge on any atom is -0.480 e. The molecule has 2 N–H and O–H groups in total. The standard InChI is InChI=1S/C14H26N2O4/c1-4-10(2)11(3)15-14(19)16-7-5-12(6-8-16)20-9-13(17)18/h10-12H,4-9H2,1-3H3,(H,15,19)(H,17,18). The molecule has 6 heteroatoms. The van der Waals surface area contributed by atoms with E-state index >= 15 is 0 Å². The lowest BCUT2D eigenvalue weighted by Crippen LogP contribution is -2.49. The molecule has 1 rings (SSSR count). The summed E-state index contributed by atoms with van der Waals surface area (Å²) in [5.41, 5.74) is 0. The van der Waals surface area contributed by atoms with Crippen molar-refractivity contribution in [3.63, 3.8) is 0 Å². The van der Waals surface area contributed by atoms with Crippen LogP contribution in [-0.2, 0) is 9.53 Å². The second-order valence-electron chi connectivity index (χ2n) is 5.51. The summed E-state index contributed by atoms with van der Waals surface area (Å²) in [6, 6.07) is 0.128. The molecule has 2 atom stereocenters. The normalized spacial score (nSPS) is 19.4. The van der Waals surface area contributed by atoms with Crippen LogP contribution in [-0.4, -0.2) is 53.8 Å². The molecule has 1 aliphatic heterocycles. The Morgan fingerprint density at radius 3 is 2.45 bits per heavy atom. The molecule has 20 heavy (non-hydrogen) atoms. The van der Waals surface area contributed by atoms with Crippen molar-refractivity contribution >= 4 is 12.0 Å². The minimum absolute atomic E-state index is 0.0329. The van der Waals surface area contributed by atoms with Crippen molar-refractivity contribution in [3.8, 4) is 0 Å². The van der Waals surface area contributed by atoms with Gasteiger partial charge in [-0.25, -0.2) is 9.59 Å². The van der Waals surface area contributed by atoms with Crippen molar-refractivity contribution in [3.05, 3.63) is 0 Å².